The van der Waals surface area contributed by atoms with Gasteiger partial charge in [-0.25, -0.2) is 9.37 Å². The monoisotopic (exact) mass is 292 g/mol. The fourth-order valence-electron chi connectivity index (χ4n) is 1.88. The van der Waals surface area contributed by atoms with E-state index < -0.39 is 0 Å². The van der Waals surface area contributed by atoms with Crippen LogP contribution in [0.15, 0.2) is 42.6 Å². The maximum atomic E-state index is 12.9. The molecule has 3 nitrogen and oxygen atoms in total. The van der Waals surface area contributed by atoms with E-state index >= 15 is 0 Å². The van der Waals surface area contributed by atoms with Crippen LogP contribution in [0.3, 0.4) is 0 Å². The molecule has 1 aromatic heterocycles. The normalized spacial score (nSPS) is 12.0. The van der Waals surface area contributed by atoms with E-state index in [1.807, 2.05) is 6.92 Å². The Morgan fingerprint density at radius 3 is 2.55 bits per heavy atom. The maximum Gasteiger partial charge on any atom is 0.254 e. The Balaban J connectivity index is 2.20. The average Bonchev–Trinajstić information content (AvgIpc) is 2.46. The average molecular weight is 293 g/mol. The second-order valence-corrected chi connectivity index (χ2v) is 4.90. The lowest BCUT2D eigenvalue weighted by Crippen LogP contribution is -2.29. The Bertz CT molecular complexity index is 616. The molecule has 1 atom stereocenters. The van der Waals surface area contributed by atoms with Gasteiger partial charge in [0.05, 0.1) is 6.04 Å². The van der Waals surface area contributed by atoms with Crippen molar-refractivity contribution in [1.29, 1.82) is 0 Å². The van der Waals surface area contributed by atoms with Crippen LogP contribution in [0.1, 0.15) is 28.9 Å². The Hall–Kier alpha value is -1.94. The highest BCUT2D eigenvalue weighted by atomic mass is 35.5. The fourth-order valence-corrected chi connectivity index (χ4v) is 2.05. The van der Waals surface area contributed by atoms with Gasteiger partial charge < -0.3 is 4.90 Å². The Morgan fingerprint density at radius 1 is 1.30 bits per heavy atom. The second kappa shape index (κ2) is 6.01. The number of aromatic nitrogens is 1. The third-order valence-electron chi connectivity index (χ3n) is 3.23. The van der Waals surface area contributed by atoms with Crippen molar-refractivity contribution in [2.24, 2.45) is 0 Å². The smallest absolute Gasteiger partial charge is 0.254 e. The molecule has 20 heavy (non-hydrogen) atoms. The Morgan fingerprint density at radius 2 is 1.95 bits per heavy atom. The summed E-state index contributed by atoms with van der Waals surface area (Å²) in [7, 11) is 1.70. The summed E-state index contributed by atoms with van der Waals surface area (Å²) >= 11 is 5.78. The van der Waals surface area contributed by atoms with Gasteiger partial charge >= 0.3 is 0 Å². The number of hydrogen-bond acceptors (Lipinski definition) is 2. The molecule has 0 aliphatic heterocycles. The molecular weight excluding hydrogens is 279 g/mol. The molecule has 0 fully saturated rings. The SMILES string of the molecule is CC(c1ccc(F)cc1)N(C)C(=O)c1ccnc(Cl)c1. The van der Waals surface area contributed by atoms with Crippen LogP contribution < -0.4 is 0 Å². The lowest BCUT2D eigenvalue weighted by molar-refractivity contribution is 0.0742. The van der Waals surface area contributed by atoms with Gasteiger partial charge in [0.25, 0.3) is 5.91 Å². The van der Waals surface area contributed by atoms with Crippen molar-refractivity contribution in [3.8, 4) is 0 Å². The van der Waals surface area contributed by atoms with Gasteiger partial charge in [0, 0.05) is 18.8 Å². The fraction of sp³-hybridized carbons (Fsp3) is 0.200. The molecule has 1 amide bonds. The highest BCUT2D eigenvalue weighted by Gasteiger charge is 2.19. The van der Waals surface area contributed by atoms with Crippen molar-refractivity contribution in [2.75, 3.05) is 7.05 Å². The molecule has 1 unspecified atom stereocenters. The molecule has 0 saturated heterocycles. The first-order valence-electron chi connectivity index (χ1n) is 6.13. The summed E-state index contributed by atoms with van der Waals surface area (Å²) in [5, 5.41) is 0.277. The van der Waals surface area contributed by atoms with Crippen molar-refractivity contribution in [3.05, 3.63) is 64.7 Å². The van der Waals surface area contributed by atoms with Crippen LogP contribution in [0.5, 0.6) is 0 Å². The van der Waals surface area contributed by atoms with Crippen LogP contribution in [-0.4, -0.2) is 22.8 Å². The van der Waals surface area contributed by atoms with Gasteiger partial charge in [-0.05, 0) is 36.8 Å². The summed E-state index contributed by atoms with van der Waals surface area (Å²) in [6, 6.07) is 9.07. The first-order valence-corrected chi connectivity index (χ1v) is 6.51. The van der Waals surface area contributed by atoms with Crippen LogP contribution in [0.4, 0.5) is 4.39 Å². The van der Waals surface area contributed by atoms with Crippen molar-refractivity contribution in [1.82, 2.24) is 9.88 Å². The van der Waals surface area contributed by atoms with Crippen molar-refractivity contribution >= 4 is 17.5 Å². The zero-order chi connectivity index (χ0) is 14.7. The molecule has 104 valence electrons. The predicted molar refractivity (Wildman–Crippen MR) is 76.2 cm³/mol. The molecule has 2 rings (SSSR count). The number of halogens is 2. The van der Waals surface area contributed by atoms with Crippen LogP contribution >= 0.6 is 11.6 Å². The van der Waals surface area contributed by atoms with Crippen molar-refractivity contribution < 1.29 is 9.18 Å². The summed E-state index contributed by atoms with van der Waals surface area (Å²) in [6.07, 6.45) is 1.49. The zero-order valence-electron chi connectivity index (χ0n) is 11.2. The van der Waals surface area contributed by atoms with Gasteiger partial charge in [0.1, 0.15) is 11.0 Å². The largest absolute Gasteiger partial charge is 0.335 e. The maximum absolute atomic E-state index is 12.9. The molecule has 0 spiro atoms. The molecule has 0 saturated carbocycles. The van der Waals surface area contributed by atoms with Crippen LogP contribution in [0.2, 0.25) is 5.15 Å². The minimum absolute atomic E-state index is 0.161. The zero-order valence-corrected chi connectivity index (χ0v) is 11.9. The molecule has 0 bridgehead atoms. The van der Waals surface area contributed by atoms with Gasteiger partial charge in [0.2, 0.25) is 0 Å². The van der Waals surface area contributed by atoms with E-state index in [-0.39, 0.29) is 22.9 Å². The lowest BCUT2D eigenvalue weighted by atomic mass is 10.1. The number of hydrogen-bond donors (Lipinski definition) is 0. The van der Waals surface area contributed by atoms with Crippen LogP contribution in [0, 0.1) is 5.82 Å². The lowest BCUT2D eigenvalue weighted by Gasteiger charge is -2.25. The highest BCUT2D eigenvalue weighted by molar-refractivity contribution is 6.29. The van der Waals surface area contributed by atoms with E-state index in [1.165, 1.54) is 24.4 Å². The number of carbonyl (C=O) groups is 1. The van der Waals surface area contributed by atoms with E-state index in [0.717, 1.165) is 5.56 Å². The summed E-state index contributed by atoms with van der Waals surface area (Å²) in [5.41, 5.74) is 1.34. The first-order chi connectivity index (χ1) is 9.49. The quantitative estimate of drug-likeness (QED) is 0.808. The summed E-state index contributed by atoms with van der Waals surface area (Å²) in [4.78, 5) is 17.8. The minimum atomic E-state index is -0.296. The second-order valence-electron chi connectivity index (χ2n) is 4.51. The standard InChI is InChI=1S/C15H14ClFN2O/c1-10(11-3-5-13(17)6-4-11)19(2)15(20)12-7-8-18-14(16)9-12/h3-10H,1-2H3. The topological polar surface area (TPSA) is 33.2 Å². The first kappa shape index (κ1) is 14.5. The number of rotatable bonds is 3. The summed E-state index contributed by atoms with van der Waals surface area (Å²) in [6.45, 7) is 1.88. The third kappa shape index (κ3) is 3.14. The summed E-state index contributed by atoms with van der Waals surface area (Å²) < 4.78 is 12.9. The number of carbonyl (C=O) groups excluding carboxylic acids is 1. The number of nitrogens with zero attached hydrogens (tertiary/aromatic N) is 2. The van der Waals surface area contributed by atoms with E-state index in [9.17, 15) is 9.18 Å². The molecule has 0 aliphatic rings. The number of amides is 1. The van der Waals surface area contributed by atoms with E-state index in [4.69, 9.17) is 11.6 Å². The Labute approximate surface area is 122 Å². The molecule has 1 aromatic carbocycles. The van der Waals surface area contributed by atoms with Crippen molar-refractivity contribution in [3.63, 3.8) is 0 Å². The summed E-state index contributed by atoms with van der Waals surface area (Å²) in [5.74, 6) is -0.457. The number of pyridine rings is 1. The predicted octanol–water partition coefficient (Wildman–Crippen LogP) is 3.71. The van der Waals surface area contributed by atoms with Crippen molar-refractivity contribution in [2.45, 2.75) is 13.0 Å². The third-order valence-corrected chi connectivity index (χ3v) is 3.43. The minimum Gasteiger partial charge on any atom is -0.335 e. The van der Waals surface area contributed by atoms with Crippen LogP contribution in [-0.2, 0) is 0 Å². The molecule has 0 aliphatic carbocycles. The molecular formula is C15H14ClFN2O. The van der Waals surface area contributed by atoms with Gasteiger partial charge in [-0.1, -0.05) is 23.7 Å². The number of benzene rings is 1. The molecule has 1 heterocycles. The van der Waals surface area contributed by atoms with E-state index in [2.05, 4.69) is 4.98 Å². The van der Waals surface area contributed by atoms with Gasteiger partial charge in [-0.2, -0.15) is 0 Å². The highest BCUT2D eigenvalue weighted by Crippen LogP contribution is 2.21. The van der Waals surface area contributed by atoms with Gasteiger partial charge in [-0.3, -0.25) is 4.79 Å². The molecule has 5 heteroatoms. The molecule has 2 aromatic rings. The Kier molecular flexibility index (Phi) is 4.35. The molecule has 0 N–H and O–H groups in total. The van der Waals surface area contributed by atoms with Gasteiger partial charge in [0.15, 0.2) is 0 Å². The van der Waals surface area contributed by atoms with E-state index in [1.54, 1.807) is 30.1 Å². The van der Waals surface area contributed by atoms with Crippen LogP contribution in [0.25, 0.3) is 0 Å². The van der Waals surface area contributed by atoms with E-state index in [0.29, 0.717) is 5.56 Å². The molecule has 0 radical (unpaired) electrons. The van der Waals surface area contributed by atoms with Gasteiger partial charge in [-0.15, -0.1) is 0 Å².